The van der Waals surface area contributed by atoms with Crippen LogP contribution < -0.4 is 0 Å². The molecule has 1 saturated carbocycles. The minimum Gasteiger partial charge on any atom is -0.293 e. The molecule has 0 bridgehead atoms. The molecule has 1 aromatic heterocycles. The van der Waals surface area contributed by atoms with Gasteiger partial charge in [-0.15, -0.1) is 0 Å². The molecule has 3 aliphatic rings. The third-order valence-electron chi connectivity index (χ3n) is 7.68. The van der Waals surface area contributed by atoms with Crippen molar-refractivity contribution < 1.29 is 4.79 Å². The average Bonchev–Trinajstić information content (AvgIpc) is 3.05. The standard InChI is InChI=1S/C25H27N3O/c1-25-14-17(15-26)23(29)19-11-7-6-10-18(19)21(25)13-12-20-22(28(2)27-24(20)25)16-8-4-3-5-9-16/h3-5,8-9,14,18-19,21H,6-7,10-13H2,1-2H3/t18?,19?,21-,25-/m0/s1. The summed E-state index contributed by atoms with van der Waals surface area (Å²) in [5, 5.41) is 14.8. The largest absolute Gasteiger partial charge is 0.293 e. The monoisotopic (exact) mass is 385 g/mol. The first kappa shape index (κ1) is 18.4. The topological polar surface area (TPSA) is 58.7 Å². The summed E-state index contributed by atoms with van der Waals surface area (Å²) in [5.41, 5.74) is 4.69. The number of allylic oxidation sites excluding steroid dienone is 2. The van der Waals surface area contributed by atoms with Crippen LogP contribution in [0.3, 0.4) is 0 Å². The lowest BCUT2D eigenvalue weighted by atomic mass is 9.58. The maximum Gasteiger partial charge on any atom is 0.176 e. The van der Waals surface area contributed by atoms with Gasteiger partial charge in [0, 0.05) is 29.5 Å². The van der Waals surface area contributed by atoms with Crippen LogP contribution in [0.25, 0.3) is 11.3 Å². The molecule has 0 radical (unpaired) electrons. The normalized spacial score (nSPS) is 31.0. The van der Waals surface area contributed by atoms with E-state index in [2.05, 4.69) is 37.3 Å². The number of hydrogen-bond acceptors (Lipinski definition) is 3. The van der Waals surface area contributed by atoms with Crippen molar-refractivity contribution in [3.63, 3.8) is 0 Å². The van der Waals surface area contributed by atoms with Crippen LogP contribution in [-0.4, -0.2) is 15.6 Å². The van der Waals surface area contributed by atoms with E-state index in [0.717, 1.165) is 37.8 Å². The van der Waals surface area contributed by atoms with E-state index >= 15 is 0 Å². The molecule has 4 atom stereocenters. The second-order valence-electron chi connectivity index (χ2n) is 9.18. The Morgan fingerprint density at radius 2 is 1.93 bits per heavy atom. The quantitative estimate of drug-likeness (QED) is 0.712. The van der Waals surface area contributed by atoms with Gasteiger partial charge in [0.2, 0.25) is 0 Å². The van der Waals surface area contributed by atoms with E-state index < -0.39 is 0 Å². The Morgan fingerprint density at radius 3 is 2.69 bits per heavy atom. The first-order chi connectivity index (χ1) is 14.0. The summed E-state index contributed by atoms with van der Waals surface area (Å²) in [5.74, 6) is 0.821. The number of Topliss-reactive ketones (excluding diaryl/α,β-unsaturated/α-hetero) is 1. The Bertz CT molecular complexity index is 1040. The summed E-state index contributed by atoms with van der Waals surface area (Å²) in [6.45, 7) is 2.22. The van der Waals surface area contributed by atoms with Crippen LogP contribution in [0.4, 0.5) is 0 Å². The van der Waals surface area contributed by atoms with Crippen LogP contribution in [0.15, 0.2) is 42.0 Å². The van der Waals surface area contributed by atoms with E-state index in [9.17, 15) is 10.1 Å². The summed E-state index contributed by atoms with van der Waals surface area (Å²) in [6.07, 6.45) is 8.34. The maximum atomic E-state index is 13.2. The van der Waals surface area contributed by atoms with Crippen molar-refractivity contribution >= 4 is 5.78 Å². The highest BCUT2D eigenvalue weighted by Gasteiger charge is 2.52. The Balaban J connectivity index is 1.71. The lowest BCUT2D eigenvalue weighted by Gasteiger charge is -2.45. The molecule has 0 aliphatic heterocycles. The lowest BCUT2D eigenvalue weighted by Crippen LogP contribution is -2.42. The number of carbonyl (C=O) groups is 1. The molecule has 4 nitrogen and oxygen atoms in total. The number of hydrogen-bond donors (Lipinski definition) is 0. The summed E-state index contributed by atoms with van der Waals surface area (Å²) in [4.78, 5) is 13.2. The first-order valence-electron chi connectivity index (χ1n) is 10.8. The van der Waals surface area contributed by atoms with Crippen LogP contribution in [0.5, 0.6) is 0 Å². The molecule has 0 saturated heterocycles. The smallest absolute Gasteiger partial charge is 0.176 e. The zero-order valence-electron chi connectivity index (χ0n) is 17.2. The molecule has 3 aliphatic carbocycles. The molecular weight excluding hydrogens is 358 g/mol. The maximum absolute atomic E-state index is 13.2. The van der Waals surface area contributed by atoms with Gasteiger partial charge in [-0.25, -0.2) is 0 Å². The summed E-state index contributed by atoms with van der Waals surface area (Å²) in [6, 6.07) is 12.7. The lowest BCUT2D eigenvalue weighted by molar-refractivity contribution is -0.122. The van der Waals surface area contributed by atoms with Crippen molar-refractivity contribution in [2.75, 3.05) is 0 Å². The molecule has 0 amide bonds. The Kier molecular flexibility index (Phi) is 4.24. The molecule has 29 heavy (non-hydrogen) atoms. The molecule has 1 fully saturated rings. The fourth-order valence-electron chi connectivity index (χ4n) is 6.43. The van der Waals surface area contributed by atoms with Crippen LogP contribution in [-0.2, 0) is 23.7 Å². The molecule has 0 N–H and O–H groups in total. The van der Waals surface area contributed by atoms with Gasteiger partial charge in [-0.3, -0.25) is 9.48 Å². The second kappa shape index (κ2) is 6.69. The minimum atomic E-state index is -0.365. The number of nitrogens with zero attached hydrogens (tertiary/aromatic N) is 3. The highest BCUT2D eigenvalue weighted by Crippen LogP contribution is 2.54. The van der Waals surface area contributed by atoms with E-state index in [-0.39, 0.29) is 17.1 Å². The molecule has 148 valence electrons. The predicted octanol–water partition coefficient (Wildman–Crippen LogP) is 4.75. The minimum absolute atomic E-state index is 0.0142. The van der Waals surface area contributed by atoms with Crippen molar-refractivity contribution in [2.45, 2.75) is 50.9 Å². The van der Waals surface area contributed by atoms with Crippen molar-refractivity contribution in [1.29, 1.82) is 5.26 Å². The third kappa shape index (κ3) is 2.64. The molecule has 2 unspecified atom stereocenters. The number of rotatable bonds is 1. The van der Waals surface area contributed by atoms with E-state index in [1.54, 1.807) is 0 Å². The van der Waals surface area contributed by atoms with Gasteiger partial charge in [0.15, 0.2) is 5.78 Å². The van der Waals surface area contributed by atoms with Gasteiger partial charge in [0.05, 0.1) is 17.0 Å². The van der Waals surface area contributed by atoms with Gasteiger partial charge in [-0.2, -0.15) is 10.4 Å². The van der Waals surface area contributed by atoms with Crippen molar-refractivity contribution in [3.05, 3.63) is 53.2 Å². The summed E-state index contributed by atoms with van der Waals surface area (Å²) >= 11 is 0. The number of carbonyl (C=O) groups excluding carboxylic acids is 1. The number of aromatic nitrogens is 2. The van der Waals surface area contributed by atoms with Gasteiger partial charge in [0.25, 0.3) is 0 Å². The molecule has 0 spiro atoms. The fraction of sp³-hybridized carbons (Fsp3) is 0.480. The number of nitriles is 1. The molecule has 1 aromatic carbocycles. The van der Waals surface area contributed by atoms with Gasteiger partial charge in [0.1, 0.15) is 6.07 Å². The number of fused-ring (bicyclic) bond motifs is 5. The van der Waals surface area contributed by atoms with E-state index in [1.165, 1.54) is 23.2 Å². The van der Waals surface area contributed by atoms with Crippen LogP contribution in [0.1, 0.15) is 50.3 Å². The zero-order valence-corrected chi connectivity index (χ0v) is 17.2. The molecule has 4 heteroatoms. The van der Waals surface area contributed by atoms with Crippen LogP contribution >= 0.6 is 0 Å². The Labute approximate surface area is 172 Å². The average molecular weight is 386 g/mol. The van der Waals surface area contributed by atoms with Crippen molar-refractivity contribution in [3.8, 4) is 17.3 Å². The fourth-order valence-corrected chi connectivity index (χ4v) is 6.43. The molecule has 5 rings (SSSR count). The van der Waals surface area contributed by atoms with Gasteiger partial charge in [-0.05, 0) is 37.5 Å². The summed E-state index contributed by atoms with van der Waals surface area (Å²) < 4.78 is 2.00. The SMILES string of the molecule is Cn1nc2c(c1-c1ccccc1)CC[C@H]1C3CCCCC3C(=O)C(C#N)=C[C@]21C. The molecule has 1 heterocycles. The van der Waals surface area contributed by atoms with E-state index in [0.29, 0.717) is 17.4 Å². The Morgan fingerprint density at radius 1 is 1.17 bits per heavy atom. The zero-order chi connectivity index (χ0) is 20.2. The first-order valence-corrected chi connectivity index (χ1v) is 10.8. The van der Waals surface area contributed by atoms with Crippen molar-refractivity contribution in [1.82, 2.24) is 9.78 Å². The molecular formula is C25H27N3O. The number of ketones is 1. The second-order valence-corrected chi connectivity index (χ2v) is 9.18. The molecule has 2 aromatic rings. The third-order valence-corrected chi connectivity index (χ3v) is 7.68. The van der Waals surface area contributed by atoms with E-state index in [1.807, 2.05) is 23.9 Å². The van der Waals surface area contributed by atoms with Gasteiger partial charge in [-0.1, -0.05) is 56.2 Å². The highest BCUT2D eigenvalue weighted by molar-refractivity contribution is 6.01. The van der Waals surface area contributed by atoms with Crippen molar-refractivity contribution in [2.24, 2.45) is 24.8 Å². The predicted molar refractivity (Wildman–Crippen MR) is 112 cm³/mol. The number of aryl methyl sites for hydroxylation is 1. The van der Waals surface area contributed by atoms with Gasteiger partial charge < -0.3 is 0 Å². The Hall–Kier alpha value is -2.67. The van der Waals surface area contributed by atoms with Crippen LogP contribution in [0.2, 0.25) is 0 Å². The highest BCUT2D eigenvalue weighted by atomic mass is 16.1. The summed E-state index contributed by atoms with van der Waals surface area (Å²) in [7, 11) is 2.01. The van der Waals surface area contributed by atoms with E-state index in [4.69, 9.17) is 5.10 Å². The number of benzene rings is 1. The van der Waals surface area contributed by atoms with Crippen LogP contribution in [0, 0.1) is 29.1 Å². The van der Waals surface area contributed by atoms with Gasteiger partial charge >= 0.3 is 0 Å².